The van der Waals surface area contributed by atoms with E-state index in [-0.39, 0.29) is 35.7 Å². The van der Waals surface area contributed by atoms with Crippen molar-refractivity contribution in [2.75, 3.05) is 26.7 Å². The van der Waals surface area contributed by atoms with E-state index in [1.807, 2.05) is 47.5 Å². The van der Waals surface area contributed by atoms with Gasteiger partial charge >= 0.3 is 6.09 Å². The molecule has 0 bridgehead atoms. The molecule has 1 saturated carbocycles. The number of carbonyl (C=O) groups excluding carboxylic acids is 3. The SMILES string of the molecule is C=C=CCCN(Cc1nc2ccc3cc4c(cc3c2n1C)OCc1cc(-c2c[nH]c(C3CCCN3C(=O)C(NC(=O)C3CC3)c3ccccc3)n2)ccc1-4)CC(NC(=O)OC)C(C)C. The van der Waals surface area contributed by atoms with Gasteiger partial charge in [-0.15, -0.1) is 5.73 Å². The number of nitrogens with one attached hydrogen (secondary N) is 3. The zero-order valence-electron chi connectivity index (χ0n) is 37.0. The fraction of sp³-hybridized carbons (Fsp3) is 0.373. The second-order valence-electron chi connectivity index (χ2n) is 17.7. The molecule has 3 unspecified atom stereocenters. The zero-order valence-corrected chi connectivity index (χ0v) is 37.0. The van der Waals surface area contributed by atoms with Gasteiger partial charge in [0.15, 0.2) is 0 Å². The van der Waals surface area contributed by atoms with Crippen LogP contribution in [0.2, 0.25) is 0 Å². The largest absolute Gasteiger partial charge is 0.488 e. The number of rotatable bonds is 15. The third-order valence-corrected chi connectivity index (χ3v) is 13.0. The monoisotopic (exact) mass is 860 g/mol. The number of methoxy groups -OCH3 is 1. The number of carbonyl (C=O) groups is 3. The molecule has 1 saturated heterocycles. The first-order valence-electron chi connectivity index (χ1n) is 22.4. The molecule has 3 atom stereocenters. The number of aromatic nitrogens is 4. The van der Waals surface area contributed by atoms with E-state index < -0.39 is 12.1 Å². The van der Waals surface area contributed by atoms with E-state index in [1.165, 1.54) is 7.11 Å². The highest BCUT2D eigenvalue weighted by Crippen LogP contribution is 2.43. The fourth-order valence-electron chi connectivity index (χ4n) is 9.24. The molecule has 3 amide bonds. The number of ether oxygens (including phenoxy) is 2. The van der Waals surface area contributed by atoms with Crippen LogP contribution in [0.15, 0.2) is 97.4 Å². The zero-order chi connectivity index (χ0) is 44.5. The summed E-state index contributed by atoms with van der Waals surface area (Å²) in [6.07, 6.45) is 7.56. The average molecular weight is 861 g/mol. The van der Waals surface area contributed by atoms with Gasteiger partial charge in [0.05, 0.1) is 36.4 Å². The summed E-state index contributed by atoms with van der Waals surface area (Å²) in [5.41, 5.74) is 10.6. The van der Waals surface area contributed by atoms with Gasteiger partial charge in [-0.25, -0.2) is 14.8 Å². The van der Waals surface area contributed by atoms with Crippen molar-refractivity contribution >= 4 is 39.7 Å². The summed E-state index contributed by atoms with van der Waals surface area (Å²) in [5.74, 6) is 2.51. The Morgan fingerprint density at radius 1 is 1.03 bits per heavy atom. The molecular formula is C51H56N8O5. The Hall–Kier alpha value is -6.69. The van der Waals surface area contributed by atoms with Crippen molar-refractivity contribution in [3.8, 4) is 28.1 Å². The molecule has 3 aliphatic rings. The number of aromatic amines is 1. The van der Waals surface area contributed by atoms with Crippen LogP contribution in [-0.2, 0) is 34.5 Å². The number of imidazole rings is 2. The molecule has 6 aromatic rings. The molecule has 9 rings (SSSR count). The van der Waals surface area contributed by atoms with Gasteiger partial charge in [0.25, 0.3) is 0 Å². The van der Waals surface area contributed by atoms with E-state index in [9.17, 15) is 14.4 Å². The molecule has 3 N–H and O–H groups in total. The fourth-order valence-corrected chi connectivity index (χ4v) is 9.24. The van der Waals surface area contributed by atoms with Gasteiger partial charge in [0.2, 0.25) is 11.8 Å². The Labute approximate surface area is 373 Å². The number of fused-ring (bicyclic) bond motifs is 6. The molecule has 1 aliphatic carbocycles. The molecular weight excluding hydrogens is 805 g/mol. The van der Waals surface area contributed by atoms with E-state index in [2.05, 4.69) is 101 Å². The first-order chi connectivity index (χ1) is 31.1. The van der Waals surface area contributed by atoms with Crippen LogP contribution < -0.4 is 15.4 Å². The van der Waals surface area contributed by atoms with Crippen molar-refractivity contribution in [3.63, 3.8) is 0 Å². The van der Waals surface area contributed by atoms with Crippen LogP contribution in [0.1, 0.15) is 80.8 Å². The lowest BCUT2D eigenvalue weighted by atomic mass is 9.92. The van der Waals surface area contributed by atoms with Crippen molar-refractivity contribution < 1.29 is 23.9 Å². The minimum atomic E-state index is -0.740. The molecule has 64 heavy (non-hydrogen) atoms. The highest BCUT2D eigenvalue weighted by atomic mass is 16.5. The van der Waals surface area contributed by atoms with Gasteiger partial charge in [-0.1, -0.05) is 69.0 Å². The summed E-state index contributed by atoms with van der Waals surface area (Å²) in [5, 5.41) is 8.23. The lowest BCUT2D eigenvalue weighted by molar-refractivity contribution is -0.137. The minimum absolute atomic E-state index is 0.00397. The average Bonchev–Trinajstić information content (AvgIpc) is 3.68. The van der Waals surface area contributed by atoms with Crippen LogP contribution in [0.5, 0.6) is 5.75 Å². The molecule has 0 spiro atoms. The third kappa shape index (κ3) is 8.65. The second-order valence-corrected chi connectivity index (χ2v) is 17.7. The van der Waals surface area contributed by atoms with Crippen molar-refractivity contribution in [3.05, 3.63) is 120 Å². The quantitative estimate of drug-likeness (QED) is 0.0872. The van der Waals surface area contributed by atoms with E-state index in [0.717, 1.165) is 111 Å². The van der Waals surface area contributed by atoms with Crippen LogP contribution in [0.25, 0.3) is 44.2 Å². The molecule has 13 heteroatoms. The molecule has 4 heterocycles. The summed E-state index contributed by atoms with van der Waals surface area (Å²) in [6, 6.07) is 23.4. The normalized spacial score (nSPS) is 16.5. The first kappa shape index (κ1) is 42.6. The number of nitrogens with zero attached hydrogens (tertiary/aromatic N) is 5. The number of hydrogen-bond acceptors (Lipinski definition) is 8. The van der Waals surface area contributed by atoms with Gasteiger partial charge in [-0.3, -0.25) is 14.5 Å². The van der Waals surface area contributed by atoms with Gasteiger partial charge in [0.1, 0.15) is 30.0 Å². The predicted octanol–water partition coefficient (Wildman–Crippen LogP) is 8.52. The lowest BCUT2D eigenvalue weighted by Gasteiger charge is -2.29. The van der Waals surface area contributed by atoms with E-state index in [4.69, 9.17) is 19.4 Å². The number of amides is 3. The Morgan fingerprint density at radius 3 is 2.62 bits per heavy atom. The number of hydrogen-bond donors (Lipinski definition) is 3. The molecule has 2 aliphatic heterocycles. The Morgan fingerprint density at radius 2 is 1.86 bits per heavy atom. The summed E-state index contributed by atoms with van der Waals surface area (Å²) < 4.78 is 13.6. The van der Waals surface area contributed by atoms with Gasteiger partial charge in [0, 0.05) is 61.4 Å². The summed E-state index contributed by atoms with van der Waals surface area (Å²) in [7, 11) is 3.45. The van der Waals surface area contributed by atoms with Crippen molar-refractivity contribution in [1.82, 2.24) is 40.0 Å². The van der Waals surface area contributed by atoms with E-state index in [1.54, 1.807) is 0 Å². The highest BCUT2D eigenvalue weighted by Gasteiger charge is 2.39. The number of alkyl carbamates (subject to hydrolysis) is 1. The van der Waals surface area contributed by atoms with Crippen molar-refractivity contribution in [1.29, 1.82) is 0 Å². The molecule has 2 fully saturated rings. The third-order valence-electron chi connectivity index (χ3n) is 13.0. The van der Waals surface area contributed by atoms with Crippen LogP contribution in [0.4, 0.5) is 4.79 Å². The summed E-state index contributed by atoms with van der Waals surface area (Å²) in [6.45, 7) is 10.9. The number of benzene rings is 4. The molecule has 13 nitrogen and oxygen atoms in total. The van der Waals surface area contributed by atoms with E-state index in [0.29, 0.717) is 26.2 Å². The second kappa shape index (κ2) is 18.2. The van der Waals surface area contributed by atoms with Crippen LogP contribution >= 0.6 is 0 Å². The topological polar surface area (TPSA) is 147 Å². The number of H-pyrrole nitrogens is 1. The molecule has 330 valence electrons. The number of likely N-dealkylation sites (tertiary alicyclic amines) is 1. The molecule has 4 aromatic carbocycles. The highest BCUT2D eigenvalue weighted by molar-refractivity contribution is 6.07. The first-order valence-corrected chi connectivity index (χ1v) is 22.4. The summed E-state index contributed by atoms with van der Waals surface area (Å²) >= 11 is 0. The smallest absolute Gasteiger partial charge is 0.407 e. The van der Waals surface area contributed by atoms with Crippen molar-refractivity contribution in [2.24, 2.45) is 18.9 Å². The van der Waals surface area contributed by atoms with Crippen LogP contribution in [0.3, 0.4) is 0 Å². The maximum atomic E-state index is 14.2. The molecule has 2 aromatic heterocycles. The van der Waals surface area contributed by atoms with E-state index >= 15 is 0 Å². The van der Waals surface area contributed by atoms with Gasteiger partial charge < -0.3 is 34.6 Å². The van der Waals surface area contributed by atoms with Gasteiger partial charge in [-0.2, -0.15) is 0 Å². The standard InChI is InChI=1S/C51H56N8O5/c1-6-7-11-22-58(28-42(31(2)3)55-51(62)63-5)29-45-53-40-21-19-34-25-39-37-20-18-35(24-36(37)30-64-44(39)26-38(34)47(40)57(45)4)41-27-52-48(54-41)43-15-12-23-59(43)50(61)46(32-13-9-8-10-14-32)56-49(60)33-16-17-33/h7-10,13-14,18-21,24-27,31,33,42-43,46H,1,11-12,15-17,22-23,28-30H2,2-5H3,(H,52,54)(H,55,62)(H,56,60). The minimum Gasteiger partial charge on any atom is -0.488 e. The van der Waals surface area contributed by atoms with Crippen LogP contribution in [0, 0.1) is 11.8 Å². The van der Waals surface area contributed by atoms with Gasteiger partial charge in [-0.05, 0) is 90.4 Å². The Balaban J connectivity index is 0.949. The van der Waals surface area contributed by atoms with Crippen LogP contribution in [-0.4, -0.2) is 80.0 Å². The van der Waals surface area contributed by atoms with Crippen molar-refractivity contribution in [2.45, 2.75) is 77.2 Å². The lowest BCUT2D eigenvalue weighted by Crippen LogP contribution is -2.47. The summed E-state index contributed by atoms with van der Waals surface area (Å²) in [4.78, 5) is 57.1. The predicted molar refractivity (Wildman–Crippen MR) is 247 cm³/mol. The Bertz CT molecular complexity index is 2770. The number of aryl methyl sites for hydroxylation is 1. The molecule has 0 radical (unpaired) electrons. The maximum Gasteiger partial charge on any atom is 0.407 e. The Kier molecular flexibility index (Phi) is 12.1. The maximum absolute atomic E-state index is 14.2.